The number of fused-ring (bicyclic) bond motifs is 1. The van der Waals surface area contributed by atoms with Gasteiger partial charge in [-0.25, -0.2) is 0 Å². The molecule has 0 aliphatic carbocycles. The SMILES string of the molecule is Cc1cccc(CN)c1Oc1cccc2ncccc12. The van der Waals surface area contributed by atoms with E-state index in [1.807, 2.05) is 55.5 Å². The number of aryl methyl sites for hydroxylation is 1. The van der Waals surface area contributed by atoms with Gasteiger partial charge in [-0.15, -0.1) is 0 Å². The van der Waals surface area contributed by atoms with Crippen molar-refractivity contribution in [1.29, 1.82) is 0 Å². The van der Waals surface area contributed by atoms with Crippen molar-refractivity contribution in [2.45, 2.75) is 13.5 Å². The van der Waals surface area contributed by atoms with Gasteiger partial charge in [0.1, 0.15) is 11.5 Å². The number of rotatable bonds is 3. The molecule has 20 heavy (non-hydrogen) atoms. The van der Waals surface area contributed by atoms with Crippen LogP contribution >= 0.6 is 0 Å². The van der Waals surface area contributed by atoms with Crippen LogP contribution in [-0.2, 0) is 6.54 Å². The van der Waals surface area contributed by atoms with Crippen molar-refractivity contribution in [3.63, 3.8) is 0 Å². The van der Waals surface area contributed by atoms with Gasteiger partial charge in [-0.3, -0.25) is 4.98 Å². The van der Waals surface area contributed by atoms with Crippen LogP contribution in [-0.4, -0.2) is 4.98 Å². The second kappa shape index (κ2) is 5.31. The Labute approximate surface area is 118 Å². The molecule has 0 fully saturated rings. The number of hydrogen-bond acceptors (Lipinski definition) is 3. The van der Waals surface area contributed by atoms with E-state index in [9.17, 15) is 0 Å². The zero-order chi connectivity index (χ0) is 13.9. The van der Waals surface area contributed by atoms with Crippen LogP contribution in [0.1, 0.15) is 11.1 Å². The lowest BCUT2D eigenvalue weighted by molar-refractivity contribution is 0.478. The molecule has 0 radical (unpaired) electrons. The summed E-state index contributed by atoms with van der Waals surface area (Å²) < 4.78 is 6.12. The first kappa shape index (κ1) is 12.6. The fourth-order valence-electron chi connectivity index (χ4n) is 2.29. The molecule has 0 aliphatic rings. The number of hydrogen-bond donors (Lipinski definition) is 1. The Bertz CT molecular complexity index is 748. The smallest absolute Gasteiger partial charge is 0.136 e. The van der Waals surface area contributed by atoms with Gasteiger partial charge < -0.3 is 10.5 Å². The number of nitrogens with two attached hydrogens (primary N) is 1. The molecule has 100 valence electrons. The Morgan fingerprint density at radius 3 is 2.75 bits per heavy atom. The molecule has 2 N–H and O–H groups in total. The Balaban J connectivity index is 2.10. The first-order chi connectivity index (χ1) is 9.79. The highest BCUT2D eigenvalue weighted by molar-refractivity contribution is 5.85. The normalized spacial score (nSPS) is 10.7. The van der Waals surface area contributed by atoms with Crippen LogP contribution in [0.4, 0.5) is 0 Å². The maximum Gasteiger partial charge on any atom is 0.136 e. The standard InChI is InChI=1S/C17H16N2O/c1-12-5-2-6-13(11-18)17(12)20-16-9-3-8-15-14(16)7-4-10-19-15/h2-10H,11,18H2,1H3. The zero-order valence-electron chi connectivity index (χ0n) is 11.3. The van der Waals surface area contributed by atoms with E-state index in [1.165, 1.54) is 0 Å². The largest absolute Gasteiger partial charge is 0.456 e. The van der Waals surface area contributed by atoms with Crippen LogP contribution in [0.2, 0.25) is 0 Å². The molecule has 0 saturated heterocycles. The summed E-state index contributed by atoms with van der Waals surface area (Å²) >= 11 is 0. The number of para-hydroxylation sites is 1. The Hall–Kier alpha value is -2.39. The maximum absolute atomic E-state index is 6.12. The minimum absolute atomic E-state index is 0.458. The molecule has 2 aromatic carbocycles. The second-order valence-electron chi connectivity index (χ2n) is 4.70. The third-order valence-electron chi connectivity index (χ3n) is 3.33. The summed E-state index contributed by atoms with van der Waals surface area (Å²) in [6.07, 6.45) is 1.78. The third kappa shape index (κ3) is 2.24. The van der Waals surface area contributed by atoms with Gasteiger partial charge in [0, 0.05) is 23.7 Å². The summed E-state index contributed by atoms with van der Waals surface area (Å²) in [5.41, 5.74) is 8.80. The molecule has 0 bridgehead atoms. The van der Waals surface area contributed by atoms with Gasteiger partial charge in [-0.2, -0.15) is 0 Å². The van der Waals surface area contributed by atoms with E-state index < -0.39 is 0 Å². The van der Waals surface area contributed by atoms with Crippen LogP contribution in [0, 0.1) is 6.92 Å². The average molecular weight is 264 g/mol. The van der Waals surface area contributed by atoms with Crippen LogP contribution in [0.25, 0.3) is 10.9 Å². The van der Waals surface area contributed by atoms with Crippen molar-refractivity contribution in [3.8, 4) is 11.5 Å². The minimum Gasteiger partial charge on any atom is -0.456 e. The second-order valence-corrected chi connectivity index (χ2v) is 4.70. The summed E-state index contributed by atoms with van der Waals surface area (Å²) in [7, 11) is 0. The quantitative estimate of drug-likeness (QED) is 0.782. The van der Waals surface area contributed by atoms with E-state index in [4.69, 9.17) is 10.5 Å². The summed E-state index contributed by atoms with van der Waals surface area (Å²) in [4.78, 5) is 4.34. The summed E-state index contributed by atoms with van der Waals surface area (Å²) in [5, 5.41) is 1.00. The fraction of sp³-hybridized carbons (Fsp3) is 0.118. The summed E-state index contributed by atoms with van der Waals surface area (Å²) in [6.45, 7) is 2.48. The highest BCUT2D eigenvalue weighted by Gasteiger charge is 2.09. The van der Waals surface area contributed by atoms with E-state index in [0.29, 0.717) is 6.54 Å². The van der Waals surface area contributed by atoms with Crippen molar-refractivity contribution < 1.29 is 4.74 Å². The van der Waals surface area contributed by atoms with E-state index in [1.54, 1.807) is 6.20 Å². The molecule has 0 amide bonds. The fourth-order valence-corrected chi connectivity index (χ4v) is 2.29. The minimum atomic E-state index is 0.458. The number of nitrogens with zero attached hydrogens (tertiary/aromatic N) is 1. The molecule has 3 rings (SSSR count). The maximum atomic E-state index is 6.12. The molecule has 0 saturated carbocycles. The van der Waals surface area contributed by atoms with Gasteiger partial charge in [-0.1, -0.05) is 24.3 Å². The van der Waals surface area contributed by atoms with Crippen molar-refractivity contribution in [2.24, 2.45) is 5.73 Å². The molecule has 3 heteroatoms. The van der Waals surface area contributed by atoms with Gasteiger partial charge in [0.25, 0.3) is 0 Å². The van der Waals surface area contributed by atoms with Gasteiger partial charge in [0.15, 0.2) is 0 Å². The topological polar surface area (TPSA) is 48.1 Å². The molecule has 0 atom stereocenters. The molecular weight excluding hydrogens is 248 g/mol. The van der Waals surface area contributed by atoms with Gasteiger partial charge in [0.05, 0.1) is 5.52 Å². The van der Waals surface area contributed by atoms with Crippen molar-refractivity contribution in [2.75, 3.05) is 0 Å². The highest BCUT2D eigenvalue weighted by atomic mass is 16.5. The van der Waals surface area contributed by atoms with Crippen LogP contribution in [0.5, 0.6) is 11.5 Å². The van der Waals surface area contributed by atoms with Crippen molar-refractivity contribution in [3.05, 3.63) is 65.9 Å². The molecule has 0 aliphatic heterocycles. The first-order valence-corrected chi connectivity index (χ1v) is 6.60. The van der Waals surface area contributed by atoms with Crippen molar-refractivity contribution >= 4 is 10.9 Å². The Kier molecular flexibility index (Phi) is 3.35. The zero-order valence-corrected chi connectivity index (χ0v) is 11.3. The van der Waals surface area contributed by atoms with E-state index >= 15 is 0 Å². The number of pyridine rings is 1. The average Bonchev–Trinajstić information content (AvgIpc) is 2.49. The highest BCUT2D eigenvalue weighted by Crippen LogP contribution is 2.32. The van der Waals surface area contributed by atoms with Gasteiger partial charge in [-0.05, 0) is 36.8 Å². The third-order valence-corrected chi connectivity index (χ3v) is 3.33. The van der Waals surface area contributed by atoms with E-state index in [-0.39, 0.29) is 0 Å². The lowest BCUT2D eigenvalue weighted by Gasteiger charge is -2.14. The van der Waals surface area contributed by atoms with E-state index in [2.05, 4.69) is 4.98 Å². The summed E-state index contributed by atoms with van der Waals surface area (Å²) in [5.74, 6) is 1.64. The number of aromatic nitrogens is 1. The molecular formula is C17H16N2O. The molecule has 3 nitrogen and oxygen atoms in total. The molecule has 3 aromatic rings. The van der Waals surface area contributed by atoms with Crippen molar-refractivity contribution in [1.82, 2.24) is 4.98 Å². The number of ether oxygens (including phenoxy) is 1. The predicted octanol–water partition coefficient (Wildman–Crippen LogP) is 3.79. The lowest BCUT2D eigenvalue weighted by Crippen LogP contribution is -2.01. The molecule has 0 spiro atoms. The Morgan fingerprint density at radius 2 is 1.90 bits per heavy atom. The van der Waals surface area contributed by atoms with Crippen LogP contribution in [0.3, 0.4) is 0 Å². The first-order valence-electron chi connectivity index (χ1n) is 6.60. The Morgan fingerprint density at radius 1 is 1.05 bits per heavy atom. The number of benzene rings is 2. The van der Waals surface area contributed by atoms with Crippen LogP contribution < -0.4 is 10.5 Å². The molecule has 1 aromatic heterocycles. The molecule has 0 unspecified atom stereocenters. The lowest BCUT2D eigenvalue weighted by atomic mass is 10.1. The van der Waals surface area contributed by atoms with E-state index in [0.717, 1.165) is 33.5 Å². The van der Waals surface area contributed by atoms with Gasteiger partial charge in [0.2, 0.25) is 0 Å². The molecule has 1 heterocycles. The predicted molar refractivity (Wildman–Crippen MR) is 80.9 cm³/mol. The van der Waals surface area contributed by atoms with Crippen LogP contribution in [0.15, 0.2) is 54.7 Å². The monoisotopic (exact) mass is 264 g/mol. The van der Waals surface area contributed by atoms with Gasteiger partial charge >= 0.3 is 0 Å². The summed E-state index contributed by atoms with van der Waals surface area (Å²) in [6, 6.07) is 15.8.